The molecule has 0 spiro atoms. The Morgan fingerprint density at radius 2 is 2.35 bits per heavy atom. The molecule has 1 heterocycles. The molecule has 1 atom stereocenters. The van der Waals surface area contributed by atoms with Crippen molar-refractivity contribution in [1.82, 2.24) is 4.90 Å². The fourth-order valence-electron chi connectivity index (χ4n) is 1.70. The molecule has 1 aromatic rings. The van der Waals surface area contributed by atoms with Crippen LogP contribution in [-0.4, -0.2) is 35.2 Å². The lowest BCUT2D eigenvalue weighted by atomic mass is 10.3. The fourth-order valence-corrected chi connectivity index (χ4v) is 2.13. The summed E-state index contributed by atoms with van der Waals surface area (Å²) in [6, 6.07) is 5.01. The topological polar surface area (TPSA) is 52.6 Å². The molecule has 92 valence electrons. The Morgan fingerprint density at radius 1 is 1.59 bits per heavy atom. The lowest BCUT2D eigenvalue weighted by Gasteiger charge is -2.16. The summed E-state index contributed by atoms with van der Waals surface area (Å²) in [6.45, 7) is 0.966. The van der Waals surface area contributed by atoms with Crippen LogP contribution in [-0.2, 0) is 0 Å². The van der Waals surface area contributed by atoms with Crippen LogP contribution < -0.4 is 5.32 Å². The maximum Gasteiger partial charge on any atom is 0.321 e. The number of nitrogens with zero attached hydrogens (tertiary/aromatic N) is 1. The number of anilines is 1. The summed E-state index contributed by atoms with van der Waals surface area (Å²) in [7, 11) is 0. The Morgan fingerprint density at radius 3 is 2.94 bits per heavy atom. The molecule has 4 nitrogen and oxygen atoms in total. The summed E-state index contributed by atoms with van der Waals surface area (Å²) in [4.78, 5) is 13.4. The van der Waals surface area contributed by atoms with E-state index in [1.165, 1.54) is 0 Å². The summed E-state index contributed by atoms with van der Waals surface area (Å²) in [5.41, 5.74) is 0.643. The number of benzene rings is 1. The number of carbonyl (C=O) groups is 1. The number of β-amino-alcohol motifs (C(OH)–C–C–N with tert-alkyl or cyclic N) is 1. The van der Waals surface area contributed by atoms with Crippen LogP contribution in [0.25, 0.3) is 0 Å². The summed E-state index contributed by atoms with van der Waals surface area (Å²) in [6.07, 6.45) is 0.225. The van der Waals surface area contributed by atoms with Crippen molar-refractivity contribution in [3.63, 3.8) is 0 Å². The maximum atomic E-state index is 11.8. The first-order valence-corrected chi connectivity index (χ1v) is 6.42. The van der Waals surface area contributed by atoms with Gasteiger partial charge in [-0.25, -0.2) is 4.79 Å². The molecule has 2 N–H and O–H groups in total. The highest BCUT2D eigenvalue weighted by Gasteiger charge is 2.24. The standard InChI is InChI=1S/C11H12BrClN2O2/c12-9-2-1-7(5-10(9)13)14-11(17)15-4-3-8(16)6-15/h1-2,5,8,16H,3-4,6H2,(H,14,17). The van der Waals surface area contributed by atoms with E-state index in [1.807, 2.05) is 0 Å². The number of hydrogen-bond donors (Lipinski definition) is 2. The summed E-state index contributed by atoms with van der Waals surface area (Å²) in [5, 5.41) is 12.6. The van der Waals surface area contributed by atoms with Crippen LogP contribution in [0.4, 0.5) is 10.5 Å². The van der Waals surface area contributed by atoms with Gasteiger partial charge in [-0.15, -0.1) is 0 Å². The van der Waals surface area contributed by atoms with Gasteiger partial charge in [-0.05, 0) is 40.5 Å². The molecule has 17 heavy (non-hydrogen) atoms. The van der Waals surface area contributed by atoms with Crippen molar-refractivity contribution in [2.75, 3.05) is 18.4 Å². The molecule has 2 amide bonds. The predicted molar refractivity (Wildman–Crippen MR) is 70.4 cm³/mol. The van der Waals surface area contributed by atoms with Crippen molar-refractivity contribution in [3.8, 4) is 0 Å². The summed E-state index contributed by atoms with van der Waals surface area (Å²) < 4.78 is 0.786. The lowest BCUT2D eigenvalue weighted by molar-refractivity contribution is 0.176. The number of hydrogen-bond acceptors (Lipinski definition) is 2. The second kappa shape index (κ2) is 5.25. The highest BCUT2D eigenvalue weighted by molar-refractivity contribution is 9.10. The van der Waals surface area contributed by atoms with E-state index in [0.717, 1.165) is 4.47 Å². The lowest BCUT2D eigenvalue weighted by Crippen LogP contribution is -2.33. The van der Waals surface area contributed by atoms with Gasteiger partial charge in [0.15, 0.2) is 0 Å². The third-order valence-electron chi connectivity index (χ3n) is 2.62. The number of nitrogens with one attached hydrogen (secondary N) is 1. The maximum absolute atomic E-state index is 11.8. The van der Waals surface area contributed by atoms with Crippen molar-refractivity contribution in [1.29, 1.82) is 0 Å². The van der Waals surface area contributed by atoms with Gasteiger partial charge < -0.3 is 15.3 Å². The number of carbonyl (C=O) groups excluding carboxylic acids is 1. The first kappa shape index (κ1) is 12.7. The molecule has 0 radical (unpaired) electrons. The predicted octanol–water partition coefficient (Wildman–Crippen LogP) is 2.70. The zero-order valence-corrected chi connectivity index (χ0v) is 11.3. The summed E-state index contributed by atoms with van der Waals surface area (Å²) in [5.74, 6) is 0. The van der Waals surface area contributed by atoms with Crippen LogP contribution in [0.1, 0.15) is 6.42 Å². The Balaban J connectivity index is 2.00. The fraction of sp³-hybridized carbons (Fsp3) is 0.364. The van der Waals surface area contributed by atoms with Gasteiger partial charge >= 0.3 is 6.03 Å². The molecule has 6 heteroatoms. The van der Waals surface area contributed by atoms with Gasteiger partial charge in [0.2, 0.25) is 0 Å². The molecule has 1 unspecified atom stereocenters. The van der Waals surface area contributed by atoms with Crippen LogP contribution in [0.5, 0.6) is 0 Å². The molecule has 0 aliphatic carbocycles. The van der Waals surface area contributed by atoms with Crippen molar-refractivity contribution in [3.05, 3.63) is 27.7 Å². The third-order valence-corrected chi connectivity index (χ3v) is 3.85. The van der Waals surface area contributed by atoms with Gasteiger partial charge in [-0.2, -0.15) is 0 Å². The zero-order chi connectivity index (χ0) is 12.4. The van der Waals surface area contributed by atoms with E-state index >= 15 is 0 Å². The number of halogens is 2. The second-order valence-electron chi connectivity index (χ2n) is 3.95. The number of rotatable bonds is 1. The molecule has 1 saturated heterocycles. The van der Waals surface area contributed by atoms with Gasteiger partial charge in [0.1, 0.15) is 0 Å². The highest BCUT2D eigenvalue weighted by Crippen LogP contribution is 2.25. The molecular formula is C11H12BrClN2O2. The Kier molecular flexibility index (Phi) is 3.91. The molecule has 1 aromatic carbocycles. The minimum absolute atomic E-state index is 0.208. The van der Waals surface area contributed by atoms with E-state index in [9.17, 15) is 9.90 Å². The van der Waals surface area contributed by atoms with E-state index in [4.69, 9.17) is 11.6 Å². The first-order chi connectivity index (χ1) is 8.06. The van der Waals surface area contributed by atoms with Crippen LogP contribution >= 0.6 is 27.5 Å². The number of urea groups is 1. The Hall–Kier alpha value is -0.780. The van der Waals surface area contributed by atoms with Crippen molar-refractivity contribution in [2.24, 2.45) is 0 Å². The van der Waals surface area contributed by atoms with Gasteiger partial charge in [0, 0.05) is 23.2 Å². The molecule has 1 fully saturated rings. The van der Waals surface area contributed by atoms with E-state index in [2.05, 4.69) is 21.2 Å². The molecule has 0 saturated carbocycles. The molecule has 1 aliphatic rings. The van der Waals surface area contributed by atoms with E-state index < -0.39 is 6.10 Å². The third kappa shape index (κ3) is 3.12. The second-order valence-corrected chi connectivity index (χ2v) is 5.21. The van der Waals surface area contributed by atoms with E-state index in [1.54, 1.807) is 23.1 Å². The highest BCUT2D eigenvalue weighted by atomic mass is 79.9. The van der Waals surface area contributed by atoms with Crippen LogP contribution in [0.2, 0.25) is 5.02 Å². The van der Waals surface area contributed by atoms with Gasteiger partial charge in [-0.1, -0.05) is 11.6 Å². The molecule has 1 aliphatic heterocycles. The molecule has 2 rings (SSSR count). The SMILES string of the molecule is O=C(Nc1ccc(Br)c(Cl)c1)N1CCC(O)C1. The number of aliphatic hydroxyl groups is 1. The molecule has 0 bridgehead atoms. The quantitative estimate of drug-likeness (QED) is 0.836. The number of aliphatic hydroxyl groups excluding tert-OH is 1. The van der Waals surface area contributed by atoms with Crippen molar-refractivity contribution in [2.45, 2.75) is 12.5 Å². The van der Waals surface area contributed by atoms with Crippen LogP contribution in [0.3, 0.4) is 0 Å². The van der Waals surface area contributed by atoms with Crippen molar-refractivity contribution < 1.29 is 9.90 Å². The minimum Gasteiger partial charge on any atom is -0.391 e. The van der Waals surface area contributed by atoms with Gasteiger partial charge in [0.05, 0.1) is 11.1 Å². The monoisotopic (exact) mass is 318 g/mol. The average Bonchev–Trinajstić information content (AvgIpc) is 2.70. The number of likely N-dealkylation sites (tertiary alicyclic amines) is 1. The van der Waals surface area contributed by atoms with Crippen LogP contribution in [0, 0.1) is 0 Å². The zero-order valence-electron chi connectivity index (χ0n) is 8.99. The Labute approximate surface area is 113 Å². The van der Waals surface area contributed by atoms with E-state index in [-0.39, 0.29) is 6.03 Å². The molecular weight excluding hydrogens is 307 g/mol. The number of amides is 2. The van der Waals surface area contributed by atoms with E-state index in [0.29, 0.717) is 30.2 Å². The molecule has 0 aromatic heterocycles. The smallest absolute Gasteiger partial charge is 0.321 e. The average molecular weight is 320 g/mol. The first-order valence-electron chi connectivity index (χ1n) is 5.25. The van der Waals surface area contributed by atoms with Gasteiger partial charge in [-0.3, -0.25) is 0 Å². The Bertz CT molecular complexity index is 441. The minimum atomic E-state index is -0.408. The van der Waals surface area contributed by atoms with Crippen LogP contribution in [0.15, 0.2) is 22.7 Å². The summed E-state index contributed by atoms with van der Waals surface area (Å²) >= 11 is 9.21. The largest absolute Gasteiger partial charge is 0.391 e. The normalized spacial score (nSPS) is 19.5. The van der Waals surface area contributed by atoms with Crippen molar-refractivity contribution >= 4 is 39.2 Å². The van der Waals surface area contributed by atoms with Gasteiger partial charge in [0.25, 0.3) is 0 Å².